The monoisotopic (exact) mass is 287 g/mol. The lowest BCUT2D eigenvalue weighted by Gasteiger charge is -2.21. The molecular formula is C13H19F2N3O2. The van der Waals surface area contributed by atoms with Crippen molar-refractivity contribution in [2.24, 2.45) is 10.9 Å². The maximum atomic E-state index is 13.1. The number of methoxy groups -OCH3 is 1. The summed E-state index contributed by atoms with van der Waals surface area (Å²) in [5, 5.41) is 11.4. The van der Waals surface area contributed by atoms with E-state index >= 15 is 0 Å². The molecule has 0 aliphatic carbocycles. The number of hydrogen-bond donors (Lipinski definition) is 2. The second-order valence-electron chi connectivity index (χ2n) is 4.39. The standard InChI is InChI=1S/C13H19F2N3O2/c1-20-5-4-18(3-2-13(16)17-19)9-10-6-11(14)8-12(15)7-10/h6-8,19H,2-5,9H2,1H3,(H2,16,17). The van der Waals surface area contributed by atoms with Gasteiger partial charge in [-0.25, -0.2) is 8.78 Å². The highest BCUT2D eigenvalue weighted by molar-refractivity contribution is 5.79. The Balaban J connectivity index is 2.67. The van der Waals surface area contributed by atoms with Crippen molar-refractivity contribution >= 4 is 5.84 Å². The molecule has 0 fully saturated rings. The summed E-state index contributed by atoms with van der Waals surface area (Å²) in [4.78, 5) is 1.91. The van der Waals surface area contributed by atoms with Crippen molar-refractivity contribution in [2.45, 2.75) is 13.0 Å². The molecule has 20 heavy (non-hydrogen) atoms. The molecule has 0 aromatic heterocycles. The normalized spacial score (nSPS) is 12.1. The minimum absolute atomic E-state index is 0.109. The third-order valence-electron chi connectivity index (χ3n) is 2.75. The molecule has 0 amide bonds. The van der Waals surface area contributed by atoms with Crippen LogP contribution in [-0.2, 0) is 11.3 Å². The Morgan fingerprint density at radius 1 is 1.30 bits per heavy atom. The third kappa shape index (κ3) is 5.94. The first kappa shape index (κ1) is 16.3. The minimum atomic E-state index is -0.608. The van der Waals surface area contributed by atoms with E-state index in [1.54, 1.807) is 7.11 Å². The first-order valence-corrected chi connectivity index (χ1v) is 6.18. The Morgan fingerprint density at radius 3 is 2.50 bits per heavy atom. The number of rotatable bonds is 8. The van der Waals surface area contributed by atoms with E-state index in [0.29, 0.717) is 38.2 Å². The van der Waals surface area contributed by atoms with Crippen LogP contribution in [0.5, 0.6) is 0 Å². The molecule has 0 saturated heterocycles. The first-order valence-electron chi connectivity index (χ1n) is 6.18. The summed E-state index contributed by atoms with van der Waals surface area (Å²) in [5.41, 5.74) is 5.94. The summed E-state index contributed by atoms with van der Waals surface area (Å²) in [5.74, 6) is -1.11. The SMILES string of the molecule is COCCN(CC/C(N)=N/O)Cc1cc(F)cc(F)c1. The number of oxime groups is 1. The van der Waals surface area contributed by atoms with Gasteiger partial charge in [0.1, 0.15) is 17.5 Å². The molecule has 0 unspecified atom stereocenters. The highest BCUT2D eigenvalue weighted by Crippen LogP contribution is 2.11. The fraction of sp³-hybridized carbons (Fsp3) is 0.462. The lowest BCUT2D eigenvalue weighted by atomic mass is 10.2. The first-order chi connectivity index (χ1) is 9.55. The van der Waals surface area contributed by atoms with Gasteiger partial charge in [0.2, 0.25) is 0 Å². The van der Waals surface area contributed by atoms with Crippen LogP contribution in [0.15, 0.2) is 23.4 Å². The molecular weight excluding hydrogens is 268 g/mol. The fourth-order valence-corrected chi connectivity index (χ4v) is 1.77. The van der Waals surface area contributed by atoms with Crippen LogP contribution in [0.25, 0.3) is 0 Å². The maximum Gasteiger partial charge on any atom is 0.140 e. The van der Waals surface area contributed by atoms with Crippen molar-refractivity contribution in [3.05, 3.63) is 35.4 Å². The van der Waals surface area contributed by atoms with Crippen molar-refractivity contribution in [1.82, 2.24) is 4.90 Å². The Bertz CT molecular complexity index is 435. The molecule has 1 aromatic rings. The number of benzene rings is 1. The molecule has 0 heterocycles. The van der Waals surface area contributed by atoms with Crippen molar-refractivity contribution < 1.29 is 18.7 Å². The fourth-order valence-electron chi connectivity index (χ4n) is 1.77. The van der Waals surface area contributed by atoms with Gasteiger partial charge < -0.3 is 15.7 Å². The van der Waals surface area contributed by atoms with E-state index in [2.05, 4.69) is 5.16 Å². The van der Waals surface area contributed by atoms with Gasteiger partial charge in [0.15, 0.2) is 0 Å². The van der Waals surface area contributed by atoms with Crippen molar-refractivity contribution in [2.75, 3.05) is 26.8 Å². The summed E-state index contributed by atoms with van der Waals surface area (Å²) in [6, 6.07) is 3.40. The van der Waals surface area contributed by atoms with Gasteiger partial charge in [-0.05, 0) is 17.7 Å². The molecule has 0 aliphatic rings. The van der Waals surface area contributed by atoms with Crippen LogP contribution in [0.3, 0.4) is 0 Å². The lowest BCUT2D eigenvalue weighted by molar-refractivity contribution is 0.145. The predicted molar refractivity (Wildman–Crippen MR) is 71.5 cm³/mol. The van der Waals surface area contributed by atoms with Crippen molar-refractivity contribution in [3.63, 3.8) is 0 Å². The van der Waals surface area contributed by atoms with E-state index in [1.807, 2.05) is 4.90 Å². The van der Waals surface area contributed by atoms with Gasteiger partial charge in [-0.3, -0.25) is 4.90 Å². The number of amidine groups is 1. The van der Waals surface area contributed by atoms with Crippen LogP contribution < -0.4 is 5.73 Å². The summed E-state index contributed by atoms with van der Waals surface area (Å²) in [7, 11) is 1.57. The van der Waals surface area contributed by atoms with E-state index < -0.39 is 11.6 Å². The van der Waals surface area contributed by atoms with Gasteiger partial charge in [0.05, 0.1) is 6.61 Å². The van der Waals surface area contributed by atoms with Crippen LogP contribution >= 0.6 is 0 Å². The highest BCUT2D eigenvalue weighted by Gasteiger charge is 2.09. The molecule has 0 aliphatic heterocycles. The molecule has 0 spiro atoms. The summed E-state index contributed by atoms with van der Waals surface area (Å²) in [6.45, 7) is 1.91. The van der Waals surface area contributed by atoms with Gasteiger partial charge in [-0.15, -0.1) is 0 Å². The number of ether oxygens (including phenoxy) is 1. The van der Waals surface area contributed by atoms with Crippen molar-refractivity contribution in [3.8, 4) is 0 Å². The van der Waals surface area contributed by atoms with Crippen LogP contribution in [0.2, 0.25) is 0 Å². The second-order valence-corrected chi connectivity index (χ2v) is 4.39. The zero-order valence-electron chi connectivity index (χ0n) is 11.4. The molecule has 1 aromatic carbocycles. The zero-order valence-corrected chi connectivity index (χ0v) is 11.4. The van der Waals surface area contributed by atoms with E-state index in [1.165, 1.54) is 12.1 Å². The Morgan fingerprint density at radius 2 is 1.95 bits per heavy atom. The Kier molecular flexibility index (Phi) is 6.89. The van der Waals surface area contributed by atoms with Crippen LogP contribution in [-0.4, -0.2) is 42.7 Å². The average molecular weight is 287 g/mol. The molecule has 0 radical (unpaired) electrons. The van der Waals surface area contributed by atoms with E-state index in [0.717, 1.165) is 6.07 Å². The van der Waals surface area contributed by atoms with Crippen LogP contribution in [0.4, 0.5) is 8.78 Å². The van der Waals surface area contributed by atoms with Gasteiger partial charge in [-0.1, -0.05) is 5.16 Å². The van der Waals surface area contributed by atoms with E-state index in [9.17, 15) is 8.78 Å². The average Bonchev–Trinajstić information content (AvgIpc) is 2.40. The van der Waals surface area contributed by atoms with Gasteiger partial charge in [0.25, 0.3) is 0 Å². The van der Waals surface area contributed by atoms with Crippen molar-refractivity contribution in [1.29, 1.82) is 0 Å². The second kappa shape index (κ2) is 8.44. The summed E-state index contributed by atoms with van der Waals surface area (Å²) in [6.07, 6.45) is 0.359. The number of nitrogens with two attached hydrogens (primary N) is 1. The van der Waals surface area contributed by atoms with E-state index in [-0.39, 0.29) is 5.84 Å². The zero-order chi connectivity index (χ0) is 15.0. The molecule has 112 valence electrons. The number of halogens is 2. The summed E-state index contributed by atoms with van der Waals surface area (Å²) < 4.78 is 31.3. The molecule has 5 nitrogen and oxygen atoms in total. The van der Waals surface area contributed by atoms with E-state index in [4.69, 9.17) is 15.7 Å². The smallest absolute Gasteiger partial charge is 0.140 e. The molecule has 0 saturated carbocycles. The number of nitrogens with zero attached hydrogens (tertiary/aromatic N) is 2. The number of hydrogen-bond acceptors (Lipinski definition) is 4. The molecule has 3 N–H and O–H groups in total. The quantitative estimate of drug-likeness (QED) is 0.329. The predicted octanol–water partition coefficient (Wildman–Crippen LogP) is 1.55. The largest absolute Gasteiger partial charge is 0.409 e. The molecule has 7 heteroatoms. The molecule has 0 bridgehead atoms. The minimum Gasteiger partial charge on any atom is -0.409 e. The van der Waals surface area contributed by atoms with Gasteiger partial charge >= 0.3 is 0 Å². The Hall–Kier alpha value is -1.73. The van der Waals surface area contributed by atoms with Gasteiger partial charge in [-0.2, -0.15) is 0 Å². The Labute approximate surface area is 116 Å². The third-order valence-corrected chi connectivity index (χ3v) is 2.75. The maximum absolute atomic E-state index is 13.1. The molecule has 1 rings (SSSR count). The summed E-state index contributed by atoms with van der Waals surface area (Å²) >= 11 is 0. The highest BCUT2D eigenvalue weighted by atomic mass is 19.1. The van der Waals surface area contributed by atoms with Gasteiger partial charge in [0, 0.05) is 39.2 Å². The van der Waals surface area contributed by atoms with Crippen LogP contribution in [0, 0.1) is 11.6 Å². The topological polar surface area (TPSA) is 71.1 Å². The molecule has 0 atom stereocenters. The van der Waals surface area contributed by atoms with Crippen LogP contribution in [0.1, 0.15) is 12.0 Å². The lowest BCUT2D eigenvalue weighted by Crippen LogP contribution is -2.31.